The Morgan fingerprint density at radius 2 is 0.540 bits per heavy atom. The highest BCUT2D eigenvalue weighted by Gasteiger charge is 2.40. The quantitative estimate of drug-likeness (QED) is 0.0181. The number of methoxy groups -OCH3 is 3. The molecule has 0 saturated heterocycles. The fourth-order valence-electron chi connectivity index (χ4n) is 4.18. The van der Waals surface area contributed by atoms with E-state index >= 15 is 0 Å². The molecular weight excluding hydrogens is 858 g/mol. The highest BCUT2D eigenvalue weighted by atomic mass is 16.6. The molecule has 0 saturated carbocycles. The van der Waals surface area contributed by atoms with Crippen molar-refractivity contribution in [2.24, 2.45) is 17.2 Å². The molecule has 24 N–H and O–H groups in total. The monoisotopic (exact) mass is 927 g/mol. The SMILES string of the molecule is COC(=O)[C@@H](O)[C@@H](O)[C@H](O)[C@H](O)C(=O)NCCNCCN.COC(=O)[C@H](O)[C@@H](O)[C@@H](O)[C@H](O)C(=O)NCCNCCN.COC(=O)[C@H](O)[C@@H](O)[C@H](O)[C@H](O)C(=O)NCCNCCN. The maximum Gasteiger partial charge on any atom is 0.337 e. The van der Waals surface area contributed by atoms with Crippen LogP contribution >= 0.6 is 0 Å². The van der Waals surface area contributed by atoms with Crippen molar-refractivity contribution >= 4 is 35.6 Å². The number of aliphatic hydroxyl groups excluding tert-OH is 12. The van der Waals surface area contributed by atoms with Crippen molar-refractivity contribution in [2.75, 3.05) is 99.9 Å². The number of esters is 3. The molecule has 0 aliphatic rings. The van der Waals surface area contributed by atoms with E-state index in [0.29, 0.717) is 58.9 Å². The summed E-state index contributed by atoms with van der Waals surface area (Å²) in [7, 11) is 2.92. The highest BCUT2D eigenvalue weighted by molar-refractivity contribution is 5.83. The molecule has 0 fully saturated rings. The zero-order valence-corrected chi connectivity index (χ0v) is 35.2. The minimum absolute atomic E-state index is 0.165. The van der Waals surface area contributed by atoms with Gasteiger partial charge in [-0.25, -0.2) is 14.4 Å². The number of carbonyl (C=O) groups excluding carboxylic acids is 6. The minimum atomic E-state index is -2.07. The predicted octanol–water partition coefficient (Wildman–Crippen LogP) is -14.2. The van der Waals surface area contributed by atoms with Crippen molar-refractivity contribution < 1.29 is 104 Å². The molecule has 30 nitrogen and oxygen atoms in total. The van der Waals surface area contributed by atoms with Crippen LogP contribution in [0.4, 0.5) is 0 Å². The van der Waals surface area contributed by atoms with Crippen LogP contribution in [0.15, 0.2) is 0 Å². The Kier molecular flexibility index (Phi) is 37.7. The second-order valence-electron chi connectivity index (χ2n) is 12.7. The molecular formula is C33H69N9O21. The van der Waals surface area contributed by atoms with E-state index in [0.717, 1.165) is 21.3 Å². The molecule has 372 valence electrons. The fraction of sp³-hybridized carbons (Fsp3) is 0.818. The van der Waals surface area contributed by atoms with E-state index in [4.69, 9.17) is 17.2 Å². The zero-order valence-electron chi connectivity index (χ0n) is 35.2. The Morgan fingerprint density at radius 1 is 0.349 bits per heavy atom. The van der Waals surface area contributed by atoms with Crippen LogP contribution in [0.1, 0.15) is 0 Å². The third-order valence-electron chi connectivity index (χ3n) is 7.89. The van der Waals surface area contributed by atoms with Crippen LogP contribution in [0.3, 0.4) is 0 Å². The van der Waals surface area contributed by atoms with Crippen LogP contribution in [0.25, 0.3) is 0 Å². The number of hydrogen-bond donors (Lipinski definition) is 21. The lowest BCUT2D eigenvalue weighted by Gasteiger charge is -2.24. The summed E-state index contributed by atoms with van der Waals surface area (Å²) >= 11 is 0. The molecule has 0 aromatic rings. The van der Waals surface area contributed by atoms with E-state index in [-0.39, 0.29) is 19.6 Å². The fourth-order valence-corrected chi connectivity index (χ4v) is 4.18. The van der Waals surface area contributed by atoms with Gasteiger partial charge in [0.05, 0.1) is 21.3 Å². The van der Waals surface area contributed by atoms with Gasteiger partial charge in [-0.1, -0.05) is 0 Å². The number of amides is 3. The van der Waals surface area contributed by atoms with Gasteiger partial charge >= 0.3 is 17.9 Å². The average Bonchev–Trinajstić information content (AvgIpc) is 3.29. The first-order valence-electron chi connectivity index (χ1n) is 19.0. The summed E-state index contributed by atoms with van der Waals surface area (Å²) < 4.78 is 12.5. The van der Waals surface area contributed by atoms with Crippen LogP contribution in [-0.2, 0) is 43.0 Å². The smallest absolute Gasteiger partial charge is 0.337 e. The molecule has 63 heavy (non-hydrogen) atoms. The molecule has 0 heterocycles. The predicted molar refractivity (Wildman–Crippen MR) is 213 cm³/mol. The lowest BCUT2D eigenvalue weighted by molar-refractivity contribution is -0.169. The van der Waals surface area contributed by atoms with E-state index in [1.165, 1.54) is 0 Å². The summed E-state index contributed by atoms with van der Waals surface area (Å²) in [6, 6.07) is 0. The van der Waals surface area contributed by atoms with Crippen LogP contribution in [0.2, 0.25) is 0 Å². The van der Waals surface area contributed by atoms with Crippen LogP contribution in [0.5, 0.6) is 0 Å². The number of nitrogens with one attached hydrogen (secondary N) is 6. The van der Waals surface area contributed by atoms with Gasteiger partial charge in [-0.3, -0.25) is 14.4 Å². The molecule has 0 aliphatic heterocycles. The summed E-state index contributed by atoms with van der Waals surface area (Å²) in [5.74, 6) is -6.44. The van der Waals surface area contributed by atoms with Gasteiger partial charge in [0.1, 0.15) is 36.6 Å². The van der Waals surface area contributed by atoms with Gasteiger partial charge in [0.2, 0.25) is 0 Å². The van der Waals surface area contributed by atoms with E-state index in [2.05, 4.69) is 46.1 Å². The van der Waals surface area contributed by atoms with Crippen LogP contribution in [0, 0.1) is 0 Å². The van der Waals surface area contributed by atoms with Crippen molar-refractivity contribution in [2.45, 2.75) is 73.2 Å². The van der Waals surface area contributed by atoms with E-state index < -0.39 is 109 Å². The maximum absolute atomic E-state index is 11.5. The topological polar surface area (TPSA) is 523 Å². The van der Waals surface area contributed by atoms with Gasteiger partial charge in [-0.05, 0) is 0 Å². The van der Waals surface area contributed by atoms with E-state index in [9.17, 15) is 90.0 Å². The molecule has 0 radical (unpaired) electrons. The van der Waals surface area contributed by atoms with Gasteiger partial charge in [-0.2, -0.15) is 0 Å². The van der Waals surface area contributed by atoms with E-state index in [1.54, 1.807) is 0 Å². The van der Waals surface area contributed by atoms with Gasteiger partial charge in [0.25, 0.3) is 17.7 Å². The lowest BCUT2D eigenvalue weighted by Crippen LogP contribution is -2.53. The number of carbonyl (C=O) groups is 6. The largest absolute Gasteiger partial charge is 0.467 e. The highest BCUT2D eigenvalue weighted by Crippen LogP contribution is 2.09. The first-order chi connectivity index (χ1) is 29.6. The van der Waals surface area contributed by atoms with Crippen LogP contribution < -0.4 is 49.1 Å². The number of nitrogens with two attached hydrogens (primary N) is 3. The molecule has 0 aromatic heterocycles. The third kappa shape index (κ3) is 26.5. The number of hydrogen-bond acceptors (Lipinski definition) is 27. The molecule has 0 aromatic carbocycles. The minimum Gasteiger partial charge on any atom is -0.467 e. The lowest BCUT2D eigenvalue weighted by atomic mass is 10.0. The van der Waals surface area contributed by atoms with Crippen molar-refractivity contribution in [3.63, 3.8) is 0 Å². The van der Waals surface area contributed by atoms with Gasteiger partial charge in [0.15, 0.2) is 36.6 Å². The Labute approximate surface area is 362 Å². The van der Waals surface area contributed by atoms with Crippen molar-refractivity contribution in [3.05, 3.63) is 0 Å². The molecule has 3 amide bonds. The van der Waals surface area contributed by atoms with Crippen molar-refractivity contribution in [1.82, 2.24) is 31.9 Å². The molecule has 0 unspecified atom stereocenters. The molecule has 12 atom stereocenters. The standard InChI is InChI=1S/3C11H23N3O7/c3*1-21-11(20)9(18)7(16)6(15)8(17)10(19)14-5-4-13-3-2-12/h3*6-9,13,15-18H,2-5,12H2,1H3,(H,14,19)/t6-,7+,8+,9-;6-,7-,8-,9+;6-,7-,8-,9-/m100/s1. The normalized spacial score (nSPS) is 16.7. The zero-order chi connectivity index (χ0) is 49.2. The summed E-state index contributed by atoms with van der Waals surface area (Å²) in [5.41, 5.74) is 15.7. The van der Waals surface area contributed by atoms with Crippen molar-refractivity contribution in [3.8, 4) is 0 Å². The maximum atomic E-state index is 11.5. The molecule has 30 heteroatoms. The van der Waals surface area contributed by atoms with Gasteiger partial charge < -0.3 is 125 Å². The first kappa shape index (κ1) is 63.4. The summed E-state index contributed by atoms with van der Waals surface area (Å²) in [6.45, 7) is 4.69. The van der Waals surface area contributed by atoms with Crippen molar-refractivity contribution in [1.29, 1.82) is 0 Å². The third-order valence-corrected chi connectivity index (χ3v) is 7.89. The van der Waals surface area contributed by atoms with Gasteiger partial charge in [-0.15, -0.1) is 0 Å². The summed E-state index contributed by atoms with van der Waals surface area (Å²) in [4.78, 5) is 67.4. The summed E-state index contributed by atoms with van der Waals surface area (Å²) in [6.07, 6.45) is -24.5. The second kappa shape index (κ2) is 37.5. The molecule has 0 spiro atoms. The number of aliphatic hydroxyl groups is 12. The molecule has 0 aliphatic carbocycles. The average molecular weight is 928 g/mol. The number of ether oxygens (including phenoxy) is 3. The number of rotatable bonds is 30. The first-order valence-corrected chi connectivity index (χ1v) is 19.0. The van der Waals surface area contributed by atoms with Gasteiger partial charge in [0, 0.05) is 78.5 Å². The van der Waals surface area contributed by atoms with E-state index in [1.807, 2.05) is 0 Å². The molecule has 0 bridgehead atoms. The Morgan fingerprint density at radius 3 is 0.714 bits per heavy atom. The second-order valence-corrected chi connectivity index (χ2v) is 12.7. The van der Waals surface area contributed by atoms with Crippen LogP contribution in [-0.4, -0.2) is 270 Å². The Bertz CT molecular complexity index is 1130. The Balaban J connectivity index is -0.000000857. The Hall–Kier alpha value is -3.90. The molecule has 0 rings (SSSR count). The summed E-state index contributed by atoms with van der Waals surface area (Å²) in [5, 5.41) is 129.